The van der Waals surface area contributed by atoms with Gasteiger partial charge in [0.1, 0.15) is 0 Å². The molecule has 88 valence electrons. The predicted octanol–water partition coefficient (Wildman–Crippen LogP) is 3.55. The lowest BCUT2D eigenvalue weighted by Crippen LogP contribution is -1.99. The van der Waals surface area contributed by atoms with E-state index >= 15 is 0 Å². The van der Waals surface area contributed by atoms with Gasteiger partial charge >= 0.3 is 5.97 Å². The monoisotopic (exact) mass is 300 g/mol. The first kappa shape index (κ1) is 12.4. The van der Waals surface area contributed by atoms with Crippen LogP contribution in [-0.2, 0) is 0 Å². The zero-order chi connectivity index (χ0) is 13.0. The minimum Gasteiger partial charge on any atom is -0.478 e. The second-order valence-electron chi connectivity index (χ2n) is 3.61. The molecule has 0 aromatic heterocycles. The molecule has 1 N–H and O–H groups in total. The summed E-state index contributed by atoms with van der Waals surface area (Å²) >= 11 is 3.35. The SMILES string of the molecule is O=C(O)c1ccccc1C#Cc1ccc(Br)cc1. The van der Waals surface area contributed by atoms with E-state index in [4.69, 9.17) is 5.11 Å². The van der Waals surface area contributed by atoms with Crippen LogP contribution in [0.15, 0.2) is 53.0 Å². The molecule has 0 saturated heterocycles. The van der Waals surface area contributed by atoms with Crippen LogP contribution < -0.4 is 0 Å². The van der Waals surface area contributed by atoms with Crippen LogP contribution in [0.2, 0.25) is 0 Å². The van der Waals surface area contributed by atoms with E-state index in [0.717, 1.165) is 10.0 Å². The summed E-state index contributed by atoms with van der Waals surface area (Å²) in [6, 6.07) is 14.3. The van der Waals surface area contributed by atoms with Gasteiger partial charge in [0.05, 0.1) is 5.56 Å². The summed E-state index contributed by atoms with van der Waals surface area (Å²) in [5, 5.41) is 9.03. The molecule has 0 atom stereocenters. The number of carboxylic acids is 1. The predicted molar refractivity (Wildman–Crippen MR) is 73.5 cm³/mol. The maximum absolute atomic E-state index is 11.0. The van der Waals surface area contributed by atoms with Crippen molar-refractivity contribution >= 4 is 21.9 Å². The zero-order valence-corrected chi connectivity index (χ0v) is 10.9. The van der Waals surface area contributed by atoms with Crippen molar-refractivity contribution in [3.63, 3.8) is 0 Å². The lowest BCUT2D eigenvalue weighted by Gasteiger charge is -1.97. The van der Waals surface area contributed by atoms with Crippen LogP contribution in [0.4, 0.5) is 0 Å². The number of carbonyl (C=O) groups is 1. The van der Waals surface area contributed by atoms with Gasteiger partial charge in [0, 0.05) is 15.6 Å². The summed E-state index contributed by atoms with van der Waals surface area (Å²) in [6.07, 6.45) is 0. The van der Waals surface area contributed by atoms with Gasteiger partial charge in [0.15, 0.2) is 0 Å². The molecule has 0 aliphatic rings. The molecule has 2 aromatic carbocycles. The van der Waals surface area contributed by atoms with Crippen molar-refractivity contribution in [1.29, 1.82) is 0 Å². The smallest absolute Gasteiger partial charge is 0.336 e. The average molecular weight is 301 g/mol. The van der Waals surface area contributed by atoms with Gasteiger partial charge in [-0.15, -0.1) is 0 Å². The number of benzene rings is 2. The van der Waals surface area contributed by atoms with E-state index in [1.165, 1.54) is 0 Å². The fourth-order valence-electron chi connectivity index (χ4n) is 1.45. The molecule has 0 aliphatic carbocycles. The number of carboxylic acid groups (broad SMARTS) is 1. The molecule has 0 radical (unpaired) electrons. The Morgan fingerprint density at radius 1 is 1.00 bits per heavy atom. The van der Waals surface area contributed by atoms with Gasteiger partial charge in [-0.05, 0) is 36.4 Å². The van der Waals surface area contributed by atoms with Crippen molar-refractivity contribution in [2.24, 2.45) is 0 Å². The van der Waals surface area contributed by atoms with E-state index < -0.39 is 5.97 Å². The minimum atomic E-state index is -0.962. The Balaban J connectivity index is 2.35. The Morgan fingerprint density at radius 2 is 1.67 bits per heavy atom. The van der Waals surface area contributed by atoms with Crippen LogP contribution in [0.1, 0.15) is 21.5 Å². The van der Waals surface area contributed by atoms with Crippen molar-refractivity contribution < 1.29 is 9.90 Å². The van der Waals surface area contributed by atoms with Crippen LogP contribution in [0.3, 0.4) is 0 Å². The summed E-state index contributed by atoms with van der Waals surface area (Å²) in [5.74, 6) is 4.87. The quantitative estimate of drug-likeness (QED) is 0.818. The Bertz CT molecular complexity index is 634. The molecule has 0 spiro atoms. The van der Waals surface area contributed by atoms with Crippen molar-refractivity contribution in [3.05, 3.63) is 69.7 Å². The van der Waals surface area contributed by atoms with Crippen molar-refractivity contribution in [2.75, 3.05) is 0 Å². The molecule has 0 amide bonds. The third kappa shape index (κ3) is 2.99. The van der Waals surface area contributed by atoms with Gasteiger partial charge in [0.2, 0.25) is 0 Å². The van der Waals surface area contributed by atoms with Gasteiger partial charge in [0.25, 0.3) is 0 Å². The average Bonchev–Trinajstić information content (AvgIpc) is 2.38. The number of hydrogen-bond donors (Lipinski definition) is 1. The molecule has 0 aliphatic heterocycles. The Labute approximate surface area is 113 Å². The van der Waals surface area contributed by atoms with E-state index in [1.54, 1.807) is 24.3 Å². The molecule has 2 nitrogen and oxygen atoms in total. The molecular weight excluding hydrogens is 292 g/mol. The van der Waals surface area contributed by atoms with Crippen LogP contribution in [0, 0.1) is 11.8 Å². The normalized spacial score (nSPS) is 9.39. The highest BCUT2D eigenvalue weighted by molar-refractivity contribution is 9.10. The molecule has 0 bridgehead atoms. The van der Waals surface area contributed by atoms with Gasteiger partial charge in [-0.25, -0.2) is 4.79 Å². The molecule has 0 unspecified atom stereocenters. The fraction of sp³-hybridized carbons (Fsp3) is 0. The molecule has 18 heavy (non-hydrogen) atoms. The second-order valence-corrected chi connectivity index (χ2v) is 4.52. The van der Waals surface area contributed by atoms with E-state index in [2.05, 4.69) is 27.8 Å². The first-order valence-corrected chi connectivity index (χ1v) is 6.06. The molecule has 0 heterocycles. The lowest BCUT2D eigenvalue weighted by atomic mass is 10.1. The molecule has 0 saturated carbocycles. The number of rotatable bonds is 1. The van der Waals surface area contributed by atoms with Gasteiger partial charge in [-0.2, -0.15) is 0 Å². The third-order valence-electron chi connectivity index (χ3n) is 2.34. The topological polar surface area (TPSA) is 37.3 Å². The Kier molecular flexibility index (Phi) is 3.81. The van der Waals surface area contributed by atoms with Crippen LogP contribution in [0.25, 0.3) is 0 Å². The standard InChI is InChI=1S/C15H9BrO2/c16-13-9-6-11(7-10-13)5-8-12-3-1-2-4-14(12)15(17)18/h1-4,6-7,9-10H,(H,17,18). The molecule has 2 aromatic rings. The van der Waals surface area contributed by atoms with Gasteiger partial charge < -0.3 is 5.11 Å². The van der Waals surface area contributed by atoms with Gasteiger partial charge in [-0.1, -0.05) is 39.9 Å². The van der Waals surface area contributed by atoms with Crippen molar-refractivity contribution in [1.82, 2.24) is 0 Å². The number of halogens is 1. The second kappa shape index (κ2) is 5.52. The van der Waals surface area contributed by atoms with Gasteiger partial charge in [-0.3, -0.25) is 0 Å². The van der Waals surface area contributed by atoms with E-state index in [0.29, 0.717) is 5.56 Å². The zero-order valence-electron chi connectivity index (χ0n) is 9.35. The van der Waals surface area contributed by atoms with Crippen LogP contribution >= 0.6 is 15.9 Å². The maximum Gasteiger partial charge on any atom is 0.336 e. The van der Waals surface area contributed by atoms with E-state index in [1.807, 2.05) is 24.3 Å². The summed E-state index contributed by atoms with van der Waals surface area (Å²) in [4.78, 5) is 11.0. The van der Waals surface area contributed by atoms with Crippen molar-refractivity contribution in [2.45, 2.75) is 0 Å². The summed E-state index contributed by atoms with van der Waals surface area (Å²) in [5.41, 5.74) is 1.59. The number of aromatic carboxylic acids is 1. The van der Waals surface area contributed by atoms with Crippen LogP contribution in [-0.4, -0.2) is 11.1 Å². The summed E-state index contributed by atoms with van der Waals surface area (Å²) in [6.45, 7) is 0. The van der Waals surface area contributed by atoms with Crippen LogP contribution in [0.5, 0.6) is 0 Å². The first-order valence-electron chi connectivity index (χ1n) is 5.27. The Morgan fingerprint density at radius 3 is 2.33 bits per heavy atom. The summed E-state index contributed by atoms with van der Waals surface area (Å²) < 4.78 is 0.985. The highest BCUT2D eigenvalue weighted by Crippen LogP contribution is 2.11. The van der Waals surface area contributed by atoms with E-state index in [-0.39, 0.29) is 5.56 Å². The number of hydrogen-bond acceptors (Lipinski definition) is 1. The molecule has 0 fully saturated rings. The van der Waals surface area contributed by atoms with Crippen molar-refractivity contribution in [3.8, 4) is 11.8 Å². The Hall–Kier alpha value is -2.05. The molecule has 2 rings (SSSR count). The first-order chi connectivity index (χ1) is 8.66. The summed E-state index contributed by atoms with van der Waals surface area (Å²) in [7, 11) is 0. The molecular formula is C15H9BrO2. The molecule has 3 heteroatoms. The fourth-order valence-corrected chi connectivity index (χ4v) is 1.72. The third-order valence-corrected chi connectivity index (χ3v) is 2.87. The highest BCUT2D eigenvalue weighted by Gasteiger charge is 2.05. The lowest BCUT2D eigenvalue weighted by molar-refractivity contribution is 0.0696. The largest absolute Gasteiger partial charge is 0.478 e. The highest BCUT2D eigenvalue weighted by atomic mass is 79.9. The van der Waals surface area contributed by atoms with E-state index in [9.17, 15) is 4.79 Å². The maximum atomic E-state index is 11.0. The minimum absolute atomic E-state index is 0.224.